The molecule has 0 aliphatic heterocycles. The molecule has 0 saturated heterocycles. The van der Waals surface area contributed by atoms with Crippen molar-refractivity contribution in [3.05, 3.63) is 53.6 Å². The Kier molecular flexibility index (Phi) is 5.46. The Morgan fingerprint density at radius 3 is 2.33 bits per heavy atom. The van der Waals surface area contributed by atoms with Crippen molar-refractivity contribution in [1.29, 1.82) is 0 Å². The van der Waals surface area contributed by atoms with E-state index in [2.05, 4.69) is 4.72 Å². The molecule has 24 heavy (non-hydrogen) atoms. The quantitative estimate of drug-likeness (QED) is 0.811. The Balaban J connectivity index is 2.22. The maximum absolute atomic E-state index is 12.5. The number of esters is 1. The van der Waals surface area contributed by atoms with Gasteiger partial charge in [-0.1, -0.05) is 0 Å². The molecule has 0 fully saturated rings. The summed E-state index contributed by atoms with van der Waals surface area (Å²) in [6, 6.07) is 10.8. The van der Waals surface area contributed by atoms with E-state index in [0.717, 1.165) is 0 Å². The van der Waals surface area contributed by atoms with Crippen LogP contribution in [0.3, 0.4) is 0 Å². The maximum atomic E-state index is 12.5. The highest BCUT2D eigenvalue weighted by Gasteiger charge is 2.17. The van der Waals surface area contributed by atoms with Gasteiger partial charge in [0.1, 0.15) is 5.75 Å². The van der Waals surface area contributed by atoms with Gasteiger partial charge < -0.3 is 9.47 Å². The molecular formula is C17H19NO5S. The van der Waals surface area contributed by atoms with Crippen molar-refractivity contribution in [2.45, 2.75) is 18.7 Å². The zero-order valence-electron chi connectivity index (χ0n) is 13.7. The van der Waals surface area contributed by atoms with Gasteiger partial charge in [0.2, 0.25) is 0 Å². The molecule has 0 heterocycles. The molecule has 0 aliphatic rings. The Morgan fingerprint density at radius 1 is 1.12 bits per heavy atom. The van der Waals surface area contributed by atoms with E-state index in [4.69, 9.17) is 9.47 Å². The number of carbonyl (C=O) groups is 1. The number of carbonyl (C=O) groups excluding carboxylic acids is 1. The van der Waals surface area contributed by atoms with E-state index in [1.54, 1.807) is 26.0 Å². The summed E-state index contributed by atoms with van der Waals surface area (Å²) in [5.74, 6) is 0.142. The van der Waals surface area contributed by atoms with Gasteiger partial charge in [0, 0.05) is 5.69 Å². The third kappa shape index (κ3) is 4.05. The second kappa shape index (κ2) is 7.35. The Bertz CT molecular complexity index is 829. The van der Waals surface area contributed by atoms with Gasteiger partial charge in [0.25, 0.3) is 10.0 Å². The molecule has 2 aromatic carbocycles. The molecule has 6 nitrogen and oxygen atoms in total. The molecule has 0 aromatic heterocycles. The number of methoxy groups -OCH3 is 1. The maximum Gasteiger partial charge on any atom is 0.338 e. The molecular weight excluding hydrogens is 330 g/mol. The van der Waals surface area contributed by atoms with E-state index in [1.165, 1.54) is 37.4 Å². The van der Waals surface area contributed by atoms with Crippen molar-refractivity contribution < 1.29 is 22.7 Å². The normalized spacial score (nSPS) is 11.0. The fourth-order valence-corrected chi connectivity index (χ4v) is 3.44. The number of hydrogen-bond donors (Lipinski definition) is 1. The topological polar surface area (TPSA) is 81.7 Å². The van der Waals surface area contributed by atoms with Crippen molar-refractivity contribution in [1.82, 2.24) is 0 Å². The summed E-state index contributed by atoms with van der Waals surface area (Å²) in [6.45, 7) is 3.70. The fourth-order valence-electron chi connectivity index (χ4n) is 2.15. The molecule has 0 aliphatic carbocycles. The predicted octanol–water partition coefficient (Wildman–Crippen LogP) is 2.98. The SMILES string of the molecule is CCOC(=O)c1ccc(NS(=O)(=O)c2ccc(OC)cc2C)cc1. The van der Waals surface area contributed by atoms with Gasteiger partial charge in [-0.2, -0.15) is 0 Å². The Hall–Kier alpha value is -2.54. The fraction of sp³-hybridized carbons (Fsp3) is 0.235. The summed E-state index contributed by atoms with van der Waals surface area (Å²) in [5.41, 5.74) is 1.30. The lowest BCUT2D eigenvalue weighted by atomic mass is 10.2. The van der Waals surface area contributed by atoms with Gasteiger partial charge in [-0.05, 0) is 61.9 Å². The van der Waals surface area contributed by atoms with Crippen LogP contribution in [0.4, 0.5) is 5.69 Å². The minimum atomic E-state index is -3.73. The van der Waals surface area contributed by atoms with Crippen molar-refractivity contribution in [2.75, 3.05) is 18.4 Å². The third-order valence-corrected chi connectivity index (χ3v) is 4.86. The summed E-state index contributed by atoms with van der Waals surface area (Å²) >= 11 is 0. The number of nitrogens with one attached hydrogen (secondary N) is 1. The molecule has 2 aromatic rings. The first-order valence-corrected chi connectivity index (χ1v) is 8.80. The molecule has 0 bridgehead atoms. The minimum Gasteiger partial charge on any atom is -0.497 e. The highest BCUT2D eigenvalue weighted by molar-refractivity contribution is 7.92. The van der Waals surface area contributed by atoms with Gasteiger partial charge in [-0.15, -0.1) is 0 Å². The first-order chi connectivity index (χ1) is 11.4. The number of sulfonamides is 1. The molecule has 0 saturated carbocycles. The van der Waals surface area contributed by atoms with Crippen molar-refractivity contribution >= 4 is 21.7 Å². The first kappa shape index (κ1) is 17.8. The standard InChI is InChI=1S/C17H19NO5S/c1-4-23-17(19)13-5-7-14(8-6-13)18-24(20,21)16-10-9-15(22-3)11-12(16)2/h5-11,18H,4H2,1-3H3. The van der Waals surface area contributed by atoms with Crippen LogP contribution in [0.25, 0.3) is 0 Å². The second-order valence-electron chi connectivity index (χ2n) is 5.03. The van der Waals surface area contributed by atoms with E-state index < -0.39 is 16.0 Å². The Labute approximate surface area is 141 Å². The highest BCUT2D eigenvalue weighted by Crippen LogP contribution is 2.23. The summed E-state index contributed by atoms with van der Waals surface area (Å²) < 4.78 is 37.5. The van der Waals surface area contributed by atoms with Crippen molar-refractivity contribution in [2.24, 2.45) is 0 Å². The lowest BCUT2D eigenvalue weighted by Crippen LogP contribution is -2.14. The zero-order valence-corrected chi connectivity index (χ0v) is 14.5. The van der Waals surface area contributed by atoms with Crippen LogP contribution in [0.5, 0.6) is 5.75 Å². The second-order valence-corrected chi connectivity index (χ2v) is 6.69. The highest BCUT2D eigenvalue weighted by atomic mass is 32.2. The van der Waals surface area contributed by atoms with Crippen LogP contribution in [0.2, 0.25) is 0 Å². The monoisotopic (exact) mass is 349 g/mol. The average molecular weight is 349 g/mol. The summed E-state index contributed by atoms with van der Waals surface area (Å²) in [7, 11) is -2.21. The molecule has 1 N–H and O–H groups in total. The number of anilines is 1. The van der Waals surface area contributed by atoms with Gasteiger partial charge >= 0.3 is 5.97 Å². The number of ether oxygens (including phenoxy) is 2. The van der Waals surface area contributed by atoms with Crippen molar-refractivity contribution in [3.63, 3.8) is 0 Å². The van der Waals surface area contributed by atoms with E-state index in [-0.39, 0.29) is 11.5 Å². The minimum absolute atomic E-state index is 0.165. The van der Waals surface area contributed by atoms with Crippen molar-refractivity contribution in [3.8, 4) is 5.75 Å². The third-order valence-electron chi connectivity index (χ3n) is 3.32. The molecule has 0 spiro atoms. The number of hydrogen-bond acceptors (Lipinski definition) is 5. The van der Waals surface area contributed by atoms with E-state index in [1.807, 2.05) is 0 Å². The molecule has 128 valence electrons. The molecule has 0 unspecified atom stereocenters. The summed E-state index contributed by atoms with van der Waals surface area (Å²) in [5, 5.41) is 0. The van der Waals surface area contributed by atoms with Crippen LogP contribution < -0.4 is 9.46 Å². The average Bonchev–Trinajstić information content (AvgIpc) is 2.55. The number of aryl methyl sites for hydroxylation is 1. The van der Waals surface area contributed by atoms with Crippen LogP contribution in [0.15, 0.2) is 47.4 Å². The van der Waals surface area contributed by atoms with E-state index in [0.29, 0.717) is 22.6 Å². The van der Waals surface area contributed by atoms with Crippen LogP contribution in [-0.4, -0.2) is 28.1 Å². The van der Waals surface area contributed by atoms with Crippen LogP contribution in [0.1, 0.15) is 22.8 Å². The first-order valence-electron chi connectivity index (χ1n) is 7.32. The summed E-state index contributed by atoms with van der Waals surface area (Å²) in [4.78, 5) is 11.8. The molecule has 0 radical (unpaired) electrons. The lowest BCUT2D eigenvalue weighted by molar-refractivity contribution is 0.0526. The van der Waals surface area contributed by atoms with E-state index in [9.17, 15) is 13.2 Å². The largest absolute Gasteiger partial charge is 0.497 e. The van der Waals surface area contributed by atoms with Crippen LogP contribution >= 0.6 is 0 Å². The molecule has 2 rings (SSSR count). The van der Waals surface area contributed by atoms with E-state index >= 15 is 0 Å². The number of benzene rings is 2. The van der Waals surface area contributed by atoms with Gasteiger partial charge in [-0.3, -0.25) is 4.72 Å². The number of rotatable bonds is 6. The zero-order chi connectivity index (χ0) is 17.7. The lowest BCUT2D eigenvalue weighted by Gasteiger charge is -2.12. The van der Waals surface area contributed by atoms with Gasteiger partial charge in [0.15, 0.2) is 0 Å². The van der Waals surface area contributed by atoms with Crippen LogP contribution in [0, 0.1) is 6.92 Å². The molecule has 7 heteroatoms. The molecule has 0 amide bonds. The van der Waals surface area contributed by atoms with Crippen LogP contribution in [-0.2, 0) is 14.8 Å². The summed E-state index contributed by atoms with van der Waals surface area (Å²) in [6.07, 6.45) is 0. The smallest absolute Gasteiger partial charge is 0.338 e. The van der Waals surface area contributed by atoms with Gasteiger partial charge in [-0.25, -0.2) is 13.2 Å². The molecule has 0 atom stereocenters. The van der Waals surface area contributed by atoms with Gasteiger partial charge in [0.05, 0.1) is 24.2 Å². The Morgan fingerprint density at radius 2 is 1.79 bits per heavy atom. The predicted molar refractivity (Wildman–Crippen MR) is 90.9 cm³/mol.